The second-order valence-corrected chi connectivity index (χ2v) is 9.09. The summed E-state index contributed by atoms with van der Waals surface area (Å²) in [5, 5.41) is 4.01. The Morgan fingerprint density at radius 3 is 2.64 bits per heavy atom. The van der Waals surface area contributed by atoms with Crippen LogP contribution in [0.15, 0.2) is 33.2 Å². The monoisotopic (exact) mass is 515 g/mol. The molecule has 0 saturated carbocycles. The third kappa shape index (κ3) is 4.30. The number of nitrogens with one attached hydrogen (secondary N) is 1. The predicted molar refractivity (Wildman–Crippen MR) is 120 cm³/mol. The van der Waals surface area contributed by atoms with Crippen molar-refractivity contribution in [2.75, 3.05) is 5.32 Å². The zero-order valence-electron chi connectivity index (χ0n) is 16.9. The molecule has 0 aliphatic rings. The smallest absolute Gasteiger partial charge is 0.302 e. The van der Waals surface area contributed by atoms with Gasteiger partial charge >= 0.3 is 11.9 Å². The number of anilines is 1. The summed E-state index contributed by atoms with van der Waals surface area (Å²) >= 11 is 7.62. The first-order valence-electron chi connectivity index (χ1n) is 9.14. The molecule has 3 heterocycles. The van der Waals surface area contributed by atoms with Gasteiger partial charge < -0.3 is 5.32 Å². The average molecular weight is 516 g/mol. The highest BCUT2D eigenvalue weighted by Crippen LogP contribution is 2.37. The maximum absolute atomic E-state index is 13.1. The molecule has 33 heavy (non-hydrogen) atoms. The molecule has 0 bridgehead atoms. The molecule has 0 aliphatic carbocycles. The van der Waals surface area contributed by atoms with E-state index in [-0.39, 0.29) is 33.8 Å². The molecular formula is C19H13ClF3N5O3S2. The zero-order valence-corrected chi connectivity index (χ0v) is 19.2. The van der Waals surface area contributed by atoms with Crippen molar-refractivity contribution in [1.29, 1.82) is 0 Å². The molecule has 1 aromatic carbocycles. The van der Waals surface area contributed by atoms with Gasteiger partial charge in [-0.15, -0.1) is 11.3 Å². The Balaban J connectivity index is 1.56. The lowest BCUT2D eigenvalue weighted by molar-refractivity contribution is -0.137. The minimum absolute atomic E-state index is 0.174. The molecule has 4 rings (SSSR count). The van der Waals surface area contributed by atoms with Gasteiger partial charge in [0.25, 0.3) is 5.56 Å². The number of alkyl halides is 3. The second kappa shape index (κ2) is 8.39. The summed E-state index contributed by atoms with van der Waals surface area (Å²) in [4.78, 5) is 41.6. The number of carbonyl (C=O) groups excluding carboxylic acids is 1. The first kappa shape index (κ1) is 23.1. The molecule has 0 spiro atoms. The van der Waals surface area contributed by atoms with Gasteiger partial charge in [0.05, 0.1) is 28.1 Å². The maximum Gasteiger partial charge on any atom is 0.417 e. The van der Waals surface area contributed by atoms with Gasteiger partial charge in [-0.25, -0.2) is 9.78 Å². The minimum atomic E-state index is -4.61. The van der Waals surface area contributed by atoms with Crippen molar-refractivity contribution in [2.24, 2.45) is 14.1 Å². The second-order valence-electron chi connectivity index (χ2n) is 6.97. The maximum atomic E-state index is 13.1. The number of aromatic nitrogens is 4. The summed E-state index contributed by atoms with van der Waals surface area (Å²) in [5.41, 5.74) is -1.43. The Labute approximate surface area is 196 Å². The van der Waals surface area contributed by atoms with Crippen molar-refractivity contribution >= 4 is 56.5 Å². The van der Waals surface area contributed by atoms with Crippen LogP contribution >= 0.6 is 34.5 Å². The van der Waals surface area contributed by atoms with E-state index in [1.807, 2.05) is 0 Å². The summed E-state index contributed by atoms with van der Waals surface area (Å²) < 4.78 is 45.6. The highest BCUT2D eigenvalue weighted by molar-refractivity contribution is 7.14. The number of nitrogens with zero attached hydrogens (tertiary/aromatic N) is 4. The van der Waals surface area contributed by atoms with Crippen LogP contribution in [0.2, 0.25) is 5.02 Å². The number of rotatable bonds is 4. The van der Waals surface area contributed by atoms with Crippen LogP contribution < -0.4 is 16.6 Å². The van der Waals surface area contributed by atoms with Crippen LogP contribution in [0.5, 0.6) is 0 Å². The summed E-state index contributed by atoms with van der Waals surface area (Å²) in [6.45, 7) is 0. The Kier molecular flexibility index (Phi) is 5.88. The molecule has 1 N–H and O–H groups in total. The Hall–Kier alpha value is -3.03. The summed E-state index contributed by atoms with van der Waals surface area (Å²) in [5.74, 6) is -0.496. The van der Waals surface area contributed by atoms with Crippen molar-refractivity contribution in [3.8, 4) is 11.3 Å². The normalized spacial score (nSPS) is 11.8. The number of hydrogen-bond donors (Lipinski definition) is 1. The van der Waals surface area contributed by atoms with Crippen molar-refractivity contribution < 1.29 is 18.0 Å². The van der Waals surface area contributed by atoms with Gasteiger partial charge in [-0.05, 0) is 23.7 Å². The summed E-state index contributed by atoms with van der Waals surface area (Å²) in [7, 11) is 2.81. The predicted octanol–water partition coefficient (Wildman–Crippen LogP) is 3.67. The molecule has 1 amide bonds. The third-order valence-corrected chi connectivity index (χ3v) is 6.71. The van der Waals surface area contributed by atoms with Gasteiger partial charge in [0.15, 0.2) is 10.8 Å². The molecule has 0 aliphatic heterocycles. The van der Waals surface area contributed by atoms with Crippen LogP contribution in [0.3, 0.4) is 0 Å². The largest absolute Gasteiger partial charge is 0.417 e. The number of aryl methyl sites for hydroxylation is 1. The van der Waals surface area contributed by atoms with Crippen LogP contribution in [0, 0.1) is 0 Å². The fourth-order valence-electron chi connectivity index (χ4n) is 3.12. The molecule has 0 unspecified atom stereocenters. The van der Waals surface area contributed by atoms with E-state index < -0.39 is 33.9 Å². The zero-order chi connectivity index (χ0) is 24.1. The van der Waals surface area contributed by atoms with Crippen LogP contribution in [0.1, 0.15) is 10.4 Å². The first-order chi connectivity index (χ1) is 15.5. The Morgan fingerprint density at radius 2 is 1.94 bits per heavy atom. The van der Waals surface area contributed by atoms with Crippen LogP contribution in [0.4, 0.5) is 18.3 Å². The lowest BCUT2D eigenvalue weighted by Crippen LogP contribution is -2.37. The fourth-order valence-corrected chi connectivity index (χ4v) is 4.96. The molecule has 0 radical (unpaired) electrons. The molecule has 0 atom stereocenters. The van der Waals surface area contributed by atoms with Crippen molar-refractivity contribution in [1.82, 2.24) is 18.5 Å². The molecule has 0 fully saturated rings. The first-order valence-corrected chi connectivity index (χ1v) is 11.2. The Morgan fingerprint density at radius 1 is 1.21 bits per heavy atom. The number of amides is 1. The molecule has 14 heteroatoms. The van der Waals surface area contributed by atoms with E-state index in [4.69, 9.17) is 11.6 Å². The summed E-state index contributed by atoms with van der Waals surface area (Å²) in [6.07, 6.45) is -4.80. The number of thiazole rings is 1. The molecule has 4 aromatic rings. The van der Waals surface area contributed by atoms with Gasteiger partial charge in [0, 0.05) is 29.9 Å². The van der Waals surface area contributed by atoms with Crippen molar-refractivity contribution in [3.05, 3.63) is 59.9 Å². The van der Waals surface area contributed by atoms with Crippen LogP contribution in [0.25, 0.3) is 22.3 Å². The molecule has 3 aromatic heterocycles. The van der Waals surface area contributed by atoms with Crippen molar-refractivity contribution in [2.45, 2.75) is 12.6 Å². The molecular weight excluding hydrogens is 503 g/mol. The van der Waals surface area contributed by atoms with Gasteiger partial charge in [-0.2, -0.15) is 17.5 Å². The van der Waals surface area contributed by atoms with E-state index in [0.29, 0.717) is 4.88 Å². The lowest BCUT2D eigenvalue weighted by atomic mass is 10.1. The fraction of sp³-hybridized carbons (Fsp3) is 0.211. The van der Waals surface area contributed by atoms with E-state index in [1.54, 1.807) is 0 Å². The lowest BCUT2D eigenvalue weighted by Gasteiger charge is -2.09. The number of halogens is 4. The highest BCUT2D eigenvalue weighted by Gasteiger charge is 2.33. The van der Waals surface area contributed by atoms with Gasteiger partial charge in [-0.1, -0.05) is 17.7 Å². The van der Waals surface area contributed by atoms with Crippen molar-refractivity contribution in [3.63, 3.8) is 0 Å². The minimum Gasteiger partial charge on any atom is -0.302 e. The van der Waals surface area contributed by atoms with E-state index in [9.17, 15) is 27.6 Å². The SMILES string of the molecule is Cn1c(=O)c2c(CC(=O)Nc3nc(-c4ccc(Cl)c(C(F)(F)F)c4)cs3)snc2n(C)c1=O. The third-order valence-electron chi connectivity index (χ3n) is 4.79. The quantitative estimate of drug-likeness (QED) is 0.447. The van der Waals surface area contributed by atoms with Crippen LogP contribution in [-0.4, -0.2) is 24.4 Å². The number of benzene rings is 1. The van der Waals surface area contributed by atoms with Gasteiger partial charge in [0.2, 0.25) is 5.91 Å². The van der Waals surface area contributed by atoms with E-state index in [0.717, 1.165) is 39.6 Å². The van der Waals surface area contributed by atoms with E-state index >= 15 is 0 Å². The van der Waals surface area contributed by atoms with Crippen LogP contribution in [-0.2, 0) is 31.5 Å². The number of fused-ring (bicyclic) bond motifs is 1. The topological polar surface area (TPSA) is 98.9 Å². The standard InChI is InChI=1S/C19H13ClF3N5O3S2/c1-27-15-14(16(30)28(2)18(27)31)12(33-26-15)6-13(29)25-17-24-11(7-32-17)8-3-4-10(20)9(5-8)19(21,22)23/h3-5,7H,6H2,1-2H3,(H,24,25,29). The Bertz CT molecular complexity index is 1520. The summed E-state index contributed by atoms with van der Waals surface area (Å²) in [6, 6.07) is 3.44. The number of carbonyl (C=O) groups is 1. The van der Waals surface area contributed by atoms with E-state index in [1.165, 1.54) is 30.1 Å². The molecule has 172 valence electrons. The molecule has 0 saturated heterocycles. The average Bonchev–Trinajstić information content (AvgIpc) is 3.37. The highest BCUT2D eigenvalue weighted by atomic mass is 35.5. The van der Waals surface area contributed by atoms with Gasteiger partial charge in [-0.3, -0.25) is 18.7 Å². The van der Waals surface area contributed by atoms with Gasteiger partial charge in [0.1, 0.15) is 0 Å². The molecule has 8 nitrogen and oxygen atoms in total. The number of hydrogen-bond acceptors (Lipinski definition) is 7. The van der Waals surface area contributed by atoms with E-state index in [2.05, 4.69) is 14.7 Å².